The van der Waals surface area contributed by atoms with Crippen LogP contribution in [0.5, 0.6) is 0 Å². The number of ether oxygens (including phenoxy) is 1. The van der Waals surface area contributed by atoms with Gasteiger partial charge in [-0.05, 0) is 13.8 Å². The fraction of sp³-hybridized carbons (Fsp3) is 1.00. The second-order valence-corrected chi connectivity index (χ2v) is 4.18. The van der Waals surface area contributed by atoms with Crippen molar-refractivity contribution in [2.45, 2.75) is 19.3 Å². The highest BCUT2D eigenvalue weighted by Crippen LogP contribution is 1.97. The molecule has 56 valence electrons. The van der Waals surface area contributed by atoms with Crippen molar-refractivity contribution in [1.29, 1.82) is 0 Å². The van der Waals surface area contributed by atoms with Gasteiger partial charge < -0.3 is 4.74 Å². The van der Waals surface area contributed by atoms with Gasteiger partial charge in [0.1, 0.15) is 0 Å². The van der Waals surface area contributed by atoms with Crippen LogP contribution in [0.4, 0.5) is 0 Å². The SMILES string of the molecule is CCOC(C)S(C)(=O)=O. The predicted molar refractivity (Wildman–Crippen MR) is 35.9 cm³/mol. The van der Waals surface area contributed by atoms with Crippen LogP contribution in [0.15, 0.2) is 0 Å². The molecule has 0 radical (unpaired) electrons. The summed E-state index contributed by atoms with van der Waals surface area (Å²) in [6.45, 7) is 3.73. The lowest BCUT2D eigenvalue weighted by atomic mass is 10.8. The van der Waals surface area contributed by atoms with Gasteiger partial charge in [0.25, 0.3) is 0 Å². The minimum absolute atomic E-state index is 0.439. The van der Waals surface area contributed by atoms with E-state index in [1.165, 1.54) is 6.92 Å². The Labute approximate surface area is 55.9 Å². The highest BCUT2D eigenvalue weighted by Gasteiger charge is 2.12. The van der Waals surface area contributed by atoms with E-state index >= 15 is 0 Å². The van der Waals surface area contributed by atoms with Crippen molar-refractivity contribution >= 4 is 9.84 Å². The van der Waals surface area contributed by atoms with Gasteiger partial charge in [0.15, 0.2) is 15.3 Å². The van der Waals surface area contributed by atoms with Crippen LogP contribution in [0.25, 0.3) is 0 Å². The van der Waals surface area contributed by atoms with Crippen molar-refractivity contribution < 1.29 is 13.2 Å². The molecule has 0 aromatic carbocycles. The predicted octanol–water partition coefficient (Wildman–Crippen LogP) is 0.413. The largest absolute Gasteiger partial charge is 0.363 e. The van der Waals surface area contributed by atoms with E-state index in [0.29, 0.717) is 6.61 Å². The van der Waals surface area contributed by atoms with Gasteiger partial charge >= 0.3 is 0 Å². The summed E-state index contributed by atoms with van der Waals surface area (Å²) in [5.74, 6) is 0. The molecule has 9 heavy (non-hydrogen) atoms. The minimum Gasteiger partial charge on any atom is -0.363 e. The molecular weight excluding hydrogens is 140 g/mol. The fourth-order valence-corrected chi connectivity index (χ4v) is 0.742. The number of hydrogen-bond donors (Lipinski definition) is 0. The van der Waals surface area contributed by atoms with E-state index in [9.17, 15) is 8.42 Å². The van der Waals surface area contributed by atoms with Gasteiger partial charge in [-0.25, -0.2) is 8.42 Å². The van der Waals surface area contributed by atoms with Crippen molar-refractivity contribution in [3.05, 3.63) is 0 Å². The molecule has 0 saturated heterocycles. The Hall–Kier alpha value is -0.0900. The molecule has 0 saturated carbocycles. The topological polar surface area (TPSA) is 43.4 Å². The highest BCUT2D eigenvalue weighted by molar-refractivity contribution is 7.91. The lowest BCUT2D eigenvalue weighted by molar-refractivity contribution is 0.130. The Bertz CT molecular complexity index is 159. The highest BCUT2D eigenvalue weighted by atomic mass is 32.2. The lowest BCUT2D eigenvalue weighted by Gasteiger charge is -2.07. The Morgan fingerprint density at radius 2 is 2.00 bits per heavy atom. The third-order valence-electron chi connectivity index (χ3n) is 1.00. The zero-order valence-corrected chi connectivity index (χ0v) is 6.73. The monoisotopic (exact) mass is 152 g/mol. The molecule has 0 aromatic heterocycles. The molecule has 1 unspecified atom stereocenters. The van der Waals surface area contributed by atoms with Crippen LogP contribution in [0, 0.1) is 0 Å². The quantitative estimate of drug-likeness (QED) is 0.588. The molecule has 0 N–H and O–H groups in total. The standard InChI is InChI=1S/C5H12O3S/c1-4-8-5(2)9(3,6)7/h5H,4H2,1-3H3. The zero-order valence-electron chi connectivity index (χ0n) is 5.92. The van der Waals surface area contributed by atoms with Gasteiger partial charge in [0.2, 0.25) is 0 Å². The summed E-state index contributed by atoms with van der Waals surface area (Å²) in [7, 11) is -2.99. The van der Waals surface area contributed by atoms with Crippen molar-refractivity contribution in [2.24, 2.45) is 0 Å². The van der Waals surface area contributed by atoms with Crippen LogP contribution >= 0.6 is 0 Å². The number of rotatable bonds is 3. The van der Waals surface area contributed by atoms with Crippen LogP contribution < -0.4 is 0 Å². The molecule has 3 nitrogen and oxygen atoms in total. The molecule has 0 heterocycles. The second kappa shape index (κ2) is 3.17. The summed E-state index contributed by atoms with van der Waals surface area (Å²) in [4.78, 5) is 0. The molecule has 0 aliphatic rings. The zero-order chi connectivity index (χ0) is 7.49. The lowest BCUT2D eigenvalue weighted by Crippen LogP contribution is -2.19. The average Bonchev–Trinajstić information content (AvgIpc) is 1.64. The first-order valence-electron chi connectivity index (χ1n) is 2.79. The summed E-state index contributed by atoms with van der Waals surface area (Å²) in [6, 6.07) is 0. The first-order chi connectivity index (χ1) is 3.98. The maximum atomic E-state index is 10.6. The third kappa shape index (κ3) is 3.48. The number of hydrogen-bond acceptors (Lipinski definition) is 3. The van der Waals surface area contributed by atoms with Gasteiger partial charge in [-0.2, -0.15) is 0 Å². The van der Waals surface area contributed by atoms with E-state index in [0.717, 1.165) is 6.26 Å². The first kappa shape index (κ1) is 8.91. The summed E-state index contributed by atoms with van der Waals surface area (Å²) in [5.41, 5.74) is -0.664. The molecule has 0 rings (SSSR count). The summed E-state index contributed by atoms with van der Waals surface area (Å²) in [5, 5.41) is 0. The summed E-state index contributed by atoms with van der Waals surface area (Å²) < 4.78 is 26.0. The third-order valence-corrected chi connectivity index (χ3v) is 2.35. The minimum atomic E-state index is -2.99. The Morgan fingerprint density at radius 1 is 1.56 bits per heavy atom. The van der Waals surface area contributed by atoms with Gasteiger partial charge in [-0.3, -0.25) is 0 Å². The second-order valence-electron chi connectivity index (χ2n) is 1.85. The smallest absolute Gasteiger partial charge is 0.173 e. The molecule has 0 bridgehead atoms. The first-order valence-corrected chi connectivity index (χ1v) is 4.74. The van der Waals surface area contributed by atoms with Gasteiger partial charge in [0.05, 0.1) is 0 Å². The number of sulfone groups is 1. The Morgan fingerprint density at radius 3 is 2.11 bits per heavy atom. The van der Waals surface area contributed by atoms with Crippen LogP contribution in [0.1, 0.15) is 13.8 Å². The van der Waals surface area contributed by atoms with Gasteiger partial charge in [0, 0.05) is 12.9 Å². The molecule has 4 heteroatoms. The van der Waals surface area contributed by atoms with E-state index in [1.54, 1.807) is 6.92 Å². The molecule has 0 spiro atoms. The normalized spacial score (nSPS) is 15.4. The van der Waals surface area contributed by atoms with Crippen LogP contribution in [0.3, 0.4) is 0 Å². The molecule has 0 aliphatic heterocycles. The van der Waals surface area contributed by atoms with E-state index in [-0.39, 0.29) is 0 Å². The maximum absolute atomic E-state index is 10.6. The van der Waals surface area contributed by atoms with E-state index in [4.69, 9.17) is 4.74 Å². The van der Waals surface area contributed by atoms with Gasteiger partial charge in [-0.15, -0.1) is 0 Å². The van der Waals surface area contributed by atoms with E-state index in [2.05, 4.69) is 0 Å². The summed E-state index contributed by atoms with van der Waals surface area (Å²) >= 11 is 0. The van der Waals surface area contributed by atoms with Crippen LogP contribution in [-0.4, -0.2) is 26.7 Å². The molecule has 0 aliphatic carbocycles. The Kier molecular flexibility index (Phi) is 3.14. The van der Waals surface area contributed by atoms with Gasteiger partial charge in [-0.1, -0.05) is 0 Å². The molecule has 1 atom stereocenters. The maximum Gasteiger partial charge on any atom is 0.173 e. The van der Waals surface area contributed by atoms with Crippen LogP contribution in [0.2, 0.25) is 0 Å². The van der Waals surface area contributed by atoms with Crippen molar-refractivity contribution in [3.63, 3.8) is 0 Å². The molecule has 0 fully saturated rings. The average molecular weight is 152 g/mol. The van der Waals surface area contributed by atoms with Crippen molar-refractivity contribution in [3.8, 4) is 0 Å². The van der Waals surface area contributed by atoms with Crippen LogP contribution in [-0.2, 0) is 14.6 Å². The Balaban J connectivity index is 3.90. The molecule has 0 aromatic rings. The van der Waals surface area contributed by atoms with E-state index < -0.39 is 15.3 Å². The molecular formula is C5H12O3S. The molecule has 0 amide bonds. The van der Waals surface area contributed by atoms with E-state index in [1.807, 2.05) is 0 Å². The van der Waals surface area contributed by atoms with Crippen molar-refractivity contribution in [1.82, 2.24) is 0 Å². The fourth-order valence-electron chi connectivity index (χ4n) is 0.358. The van der Waals surface area contributed by atoms with Crippen molar-refractivity contribution in [2.75, 3.05) is 12.9 Å². The summed E-state index contributed by atoms with van der Waals surface area (Å²) in [6.07, 6.45) is 1.16.